The second-order valence-electron chi connectivity index (χ2n) is 7.68. The van der Waals surface area contributed by atoms with Crippen molar-refractivity contribution in [2.24, 2.45) is 10.9 Å². The van der Waals surface area contributed by atoms with Gasteiger partial charge in [-0.3, -0.25) is 14.6 Å². The van der Waals surface area contributed by atoms with Crippen LogP contribution in [0.4, 0.5) is 0 Å². The van der Waals surface area contributed by atoms with Crippen LogP contribution in [-0.2, 0) is 9.59 Å². The molecule has 6 nitrogen and oxygen atoms in total. The first-order valence-corrected chi connectivity index (χ1v) is 10.8. The standard InChI is InChI=1S/C19H28N4O2S/c1-2-3-5-17(24)23-9-6-14-11-21(12-16(14)23)18(25)10-15-13-26-19-20-7-4-8-22(15)19/h13-14,16H,2-12H2,1H3/t14-,16+/m0/s1. The van der Waals surface area contributed by atoms with E-state index in [1.807, 2.05) is 9.80 Å². The highest BCUT2D eigenvalue weighted by atomic mass is 32.2. The van der Waals surface area contributed by atoms with E-state index in [0.29, 0.717) is 25.3 Å². The van der Waals surface area contributed by atoms with Crippen LogP contribution in [0.25, 0.3) is 0 Å². The van der Waals surface area contributed by atoms with Crippen LogP contribution in [0, 0.1) is 5.92 Å². The number of carbonyl (C=O) groups excluding carboxylic acids is 2. The van der Waals surface area contributed by atoms with Gasteiger partial charge in [0.15, 0.2) is 5.17 Å². The van der Waals surface area contributed by atoms with Crippen LogP contribution in [-0.4, -0.2) is 70.4 Å². The molecule has 142 valence electrons. The summed E-state index contributed by atoms with van der Waals surface area (Å²) in [5.74, 6) is 0.931. The Morgan fingerprint density at radius 2 is 2.15 bits per heavy atom. The number of nitrogens with zero attached hydrogens (tertiary/aromatic N) is 4. The molecule has 2 fully saturated rings. The number of hydrogen-bond acceptors (Lipinski definition) is 5. The number of amidine groups is 1. The van der Waals surface area contributed by atoms with Crippen molar-refractivity contribution in [3.8, 4) is 0 Å². The SMILES string of the molecule is CCCCC(=O)N1CC[C@H]2CN(C(=O)CC3=CSC4=NCCCN34)C[C@H]21. The first-order valence-electron chi connectivity index (χ1n) is 9.92. The molecule has 2 atom stereocenters. The summed E-state index contributed by atoms with van der Waals surface area (Å²) in [6.45, 7) is 6.37. The third kappa shape index (κ3) is 3.38. The highest BCUT2D eigenvalue weighted by Crippen LogP contribution is 2.34. The second-order valence-corrected chi connectivity index (χ2v) is 8.52. The van der Waals surface area contributed by atoms with Crippen LogP contribution >= 0.6 is 11.8 Å². The Labute approximate surface area is 159 Å². The number of likely N-dealkylation sites (tertiary alicyclic amines) is 2. The van der Waals surface area contributed by atoms with E-state index in [1.165, 1.54) is 0 Å². The third-order valence-electron chi connectivity index (χ3n) is 5.96. The van der Waals surface area contributed by atoms with E-state index in [1.54, 1.807) is 11.8 Å². The predicted molar refractivity (Wildman–Crippen MR) is 104 cm³/mol. The van der Waals surface area contributed by atoms with Crippen LogP contribution in [0.3, 0.4) is 0 Å². The molecule has 4 aliphatic heterocycles. The number of unbranched alkanes of at least 4 members (excludes halogenated alkanes) is 1. The van der Waals surface area contributed by atoms with Gasteiger partial charge in [-0.05, 0) is 24.7 Å². The summed E-state index contributed by atoms with van der Waals surface area (Å²) < 4.78 is 0. The zero-order chi connectivity index (χ0) is 18.1. The van der Waals surface area contributed by atoms with Gasteiger partial charge in [0, 0.05) is 50.8 Å². The third-order valence-corrected chi connectivity index (χ3v) is 6.91. The quantitative estimate of drug-likeness (QED) is 0.739. The molecule has 0 bridgehead atoms. The van der Waals surface area contributed by atoms with Crippen LogP contribution in [0.2, 0.25) is 0 Å². The molecule has 4 rings (SSSR count). The molecule has 4 heterocycles. The van der Waals surface area contributed by atoms with Crippen LogP contribution < -0.4 is 0 Å². The maximum Gasteiger partial charge on any atom is 0.228 e. The molecule has 2 amide bonds. The van der Waals surface area contributed by atoms with Gasteiger partial charge in [0.1, 0.15) is 0 Å². The van der Waals surface area contributed by atoms with Crippen molar-refractivity contribution >= 4 is 28.7 Å². The molecule has 26 heavy (non-hydrogen) atoms. The molecule has 0 radical (unpaired) electrons. The lowest BCUT2D eigenvalue weighted by Gasteiger charge is -2.27. The Morgan fingerprint density at radius 1 is 1.27 bits per heavy atom. The van der Waals surface area contributed by atoms with E-state index in [4.69, 9.17) is 0 Å². The van der Waals surface area contributed by atoms with Gasteiger partial charge in [-0.15, -0.1) is 0 Å². The summed E-state index contributed by atoms with van der Waals surface area (Å²) in [5.41, 5.74) is 1.09. The molecule has 0 spiro atoms. The lowest BCUT2D eigenvalue weighted by molar-refractivity contribution is -0.134. The Kier molecular flexibility index (Phi) is 5.25. The fourth-order valence-corrected chi connectivity index (χ4v) is 5.44. The molecule has 0 aromatic carbocycles. The Hall–Kier alpha value is -1.50. The number of rotatable bonds is 5. The molecule has 7 heteroatoms. The number of hydrogen-bond donors (Lipinski definition) is 0. The molecule has 2 saturated heterocycles. The van der Waals surface area contributed by atoms with E-state index in [0.717, 1.165) is 62.7 Å². The van der Waals surface area contributed by atoms with Crippen LogP contribution in [0.15, 0.2) is 16.1 Å². The predicted octanol–water partition coefficient (Wildman–Crippen LogP) is 2.28. The Balaban J connectivity index is 1.34. The first kappa shape index (κ1) is 17.9. The zero-order valence-electron chi connectivity index (χ0n) is 15.5. The largest absolute Gasteiger partial charge is 0.340 e. The van der Waals surface area contributed by atoms with E-state index in [9.17, 15) is 9.59 Å². The lowest BCUT2D eigenvalue weighted by Crippen LogP contribution is -2.41. The molecule has 4 aliphatic rings. The molecule has 0 N–H and O–H groups in total. The van der Waals surface area contributed by atoms with Crippen molar-refractivity contribution in [1.82, 2.24) is 14.7 Å². The highest BCUT2D eigenvalue weighted by molar-refractivity contribution is 8.16. The summed E-state index contributed by atoms with van der Waals surface area (Å²) in [6.07, 6.45) is 5.20. The normalized spacial score (nSPS) is 27.3. The van der Waals surface area contributed by atoms with E-state index in [-0.39, 0.29) is 17.9 Å². The topological polar surface area (TPSA) is 56.2 Å². The minimum atomic E-state index is 0.194. The second kappa shape index (κ2) is 7.62. The summed E-state index contributed by atoms with van der Waals surface area (Å²) in [7, 11) is 0. The van der Waals surface area contributed by atoms with E-state index < -0.39 is 0 Å². The number of amides is 2. The number of thioether (sulfide) groups is 1. The molecule has 0 aromatic rings. The van der Waals surface area contributed by atoms with Crippen molar-refractivity contribution in [1.29, 1.82) is 0 Å². The van der Waals surface area contributed by atoms with Crippen molar-refractivity contribution < 1.29 is 9.59 Å². The van der Waals surface area contributed by atoms with Gasteiger partial charge in [-0.1, -0.05) is 25.1 Å². The molecule has 0 unspecified atom stereocenters. The van der Waals surface area contributed by atoms with Gasteiger partial charge in [0.05, 0.1) is 12.5 Å². The van der Waals surface area contributed by atoms with Gasteiger partial charge in [-0.2, -0.15) is 0 Å². The first-order chi connectivity index (χ1) is 12.7. The highest BCUT2D eigenvalue weighted by Gasteiger charge is 2.44. The average molecular weight is 377 g/mol. The molecular formula is C19H28N4O2S. The van der Waals surface area contributed by atoms with Gasteiger partial charge >= 0.3 is 0 Å². The van der Waals surface area contributed by atoms with Crippen molar-refractivity contribution in [3.63, 3.8) is 0 Å². The van der Waals surface area contributed by atoms with Crippen LogP contribution in [0.5, 0.6) is 0 Å². The smallest absolute Gasteiger partial charge is 0.228 e. The lowest BCUT2D eigenvalue weighted by atomic mass is 10.1. The van der Waals surface area contributed by atoms with E-state index >= 15 is 0 Å². The molecule has 0 saturated carbocycles. The molecule has 0 aliphatic carbocycles. The summed E-state index contributed by atoms with van der Waals surface area (Å²) in [6, 6.07) is 0.238. The van der Waals surface area contributed by atoms with Gasteiger partial charge < -0.3 is 14.7 Å². The minimum absolute atomic E-state index is 0.194. The summed E-state index contributed by atoms with van der Waals surface area (Å²) in [4.78, 5) is 36.1. The van der Waals surface area contributed by atoms with Crippen molar-refractivity contribution in [2.75, 3.05) is 32.7 Å². The molecule has 0 aromatic heterocycles. The zero-order valence-corrected chi connectivity index (χ0v) is 16.3. The number of fused-ring (bicyclic) bond motifs is 2. The monoisotopic (exact) mass is 376 g/mol. The summed E-state index contributed by atoms with van der Waals surface area (Å²) in [5, 5.41) is 3.13. The fourth-order valence-electron chi connectivity index (χ4n) is 4.49. The Bertz CT molecular complexity index is 647. The minimum Gasteiger partial charge on any atom is -0.340 e. The van der Waals surface area contributed by atoms with Crippen LogP contribution in [0.1, 0.15) is 45.4 Å². The summed E-state index contributed by atoms with van der Waals surface area (Å²) >= 11 is 1.64. The number of aliphatic imine (C=N–C) groups is 1. The maximum absolute atomic E-state index is 12.9. The maximum atomic E-state index is 12.9. The van der Waals surface area contributed by atoms with Crippen molar-refractivity contribution in [3.05, 3.63) is 11.1 Å². The van der Waals surface area contributed by atoms with Gasteiger partial charge in [-0.25, -0.2) is 0 Å². The Morgan fingerprint density at radius 3 is 3.00 bits per heavy atom. The average Bonchev–Trinajstić information content (AvgIpc) is 3.34. The molecular weight excluding hydrogens is 348 g/mol. The van der Waals surface area contributed by atoms with E-state index in [2.05, 4.69) is 22.2 Å². The van der Waals surface area contributed by atoms with Crippen molar-refractivity contribution in [2.45, 2.75) is 51.5 Å². The number of carbonyl (C=O) groups is 2. The van der Waals surface area contributed by atoms with Gasteiger partial charge in [0.25, 0.3) is 0 Å². The fraction of sp³-hybridized carbons (Fsp3) is 0.737. The van der Waals surface area contributed by atoms with Gasteiger partial charge in [0.2, 0.25) is 11.8 Å².